The molecular weight excluding hydrogens is 521 g/mol. The zero-order chi connectivity index (χ0) is 24.5. The Hall–Kier alpha value is -3.25. The number of H-pyrrole nitrogens is 1. The first-order valence-electron chi connectivity index (χ1n) is 9.51. The van der Waals surface area contributed by atoms with Gasteiger partial charge in [0.25, 0.3) is 15.9 Å². The van der Waals surface area contributed by atoms with E-state index in [1.54, 1.807) is 54.6 Å². The summed E-state index contributed by atoms with van der Waals surface area (Å²) in [5.41, 5.74) is -0.0553. The summed E-state index contributed by atoms with van der Waals surface area (Å²) >= 11 is 16.5. The third-order valence-electron chi connectivity index (χ3n) is 4.62. The van der Waals surface area contributed by atoms with Crippen LogP contribution in [0, 0.1) is 0 Å². The van der Waals surface area contributed by atoms with Crippen molar-refractivity contribution in [3.8, 4) is 5.69 Å². The molecule has 9 nitrogen and oxygen atoms in total. The van der Waals surface area contributed by atoms with Gasteiger partial charge in [-0.1, -0.05) is 53.5 Å². The van der Waals surface area contributed by atoms with Crippen molar-refractivity contribution in [1.29, 1.82) is 0 Å². The second-order valence-electron chi connectivity index (χ2n) is 6.86. The average molecular weight is 536 g/mol. The fourth-order valence-electron chi connectivity index (χ4n) is 3.04. The average Bonchev–Trinajstić information content (AvgIpc) is 3.14. The number of nitrogens with one attached hydrogen (secondary N) is 3. The highest BCUT2D eigenvalue weighted by molar-refractivity contribution is 7.93. The van der Waals surface area contributed by atoms with Crippen LogP contribution in [0.2, 0.25) is 10.0 Å². The third kappa shape index (κ3) is 4.82. The highest BCUT2D eigenvalue weighted by Crippen LogP contribution is 2.30. The van der Waals surface area contributed by atoms with Crippen LogP contribution in [0.15, 0.2) is 81.3 Å². The van der Waals surface area contributed by atoms with E-state index in [1.165, 1.54) is 6.07 Å². The van der Waals surface area contributed by atoms with Crippen molar-refractivity contribution in [1.82, 2.24) is 14.8 Å². The van der Waals surface area contributed by atoms with E-state index in [2.05, 4.69) is 32.9 Å². The number of carbonyl (C=O) groups is 1. The van der Waals surface area contributed by atoms with Crippen LogP contribution in [0.5, 0.6) is 0 Å². The Morgan fingerprint density at radius 3 is 2.38 bits per heavy atom. The maximum atomic E-state index is 13.2. The number of sulfonamides is 1. The van der Waals surface area contributed by atoms with Crippen molar-refractivity contribution in [2.24, 2.45) is 0 Å². The van der Waals surface area contributed by atoms with Crippen molar-refractivity contribution in [2.75, 3.05) is 10.0 Å². The van der Waals surface area contributed by atoms with E-state index in [0.29, 0.717) is 16.4 Å². The van der Waals surface area contributed by atoms with E-state index in [0.717, 1.165) is 10.6 Å². The highest BCUT2D eigenvalue weighted by atomic mass is 35.5. The quantitative estimate of drug-likeness (QED) is 0.275. The van der Waals surface area contributed by atoms with Gasteiger partial charge in [0.15, 0.2) is 0 Å². The van der Waals surface area contributed by atoms with Gasteiger partial charge in [-0.15, -0.1) is 17.7 Å². The molecule has 0 atom stereocenters. The molecule has 174 valence electrons. The summed E-state index contributed by atoms with van der Waals surface area (Å²) < 4.78 is 29.7. The Morgan fingerprint density at radius 2 is 1.68 bits per heavy atom. The van der Waals surface area contributed by atoms with Gasteiger partial charge < -0.3 is 5.32 Å². The first-order valence-corrected chi connectivity index (χ1v) is 12.2. The number of halogens is 2. The summed E-state index contributed by atoms with van der Waals surface area (Å²) in [6.45, 7) is 0. The fourth-order valence-corrected chi connectivity index (χ4v) is 5.20. The minimum Gasteiger partial charge on any atom is -0.321 e. The van der Waals surface area contributed by atoms with E-state index in [1.807, 2.05) is 0 Å². The van der Waals surface area contributed by atoms with Crippen LogP contribution < -0.4 is 15.7 Å². The predicted molar refractivity (Wildman–Crippen MR) is 133 cm³/mol. The molecule has 0 saturated heterocycles. The number of amides is 1. The van der Waals surface area contributed by atoms with Gasteiger partial charge in [0.2, 0.25) is 5.95 Å². The number of aromatic nitrogens is 3. The lowest BCUT2D eigenvalue weighted by Crippen LogP contribution is -2.21. The summed E-state index contributed by atoms with van der Waals surface area (Å²) in [5.74, 6) is -0.954. The van der Waals surface area contributed by atoms with Crippen LogP contribution in [-0.4, -0.2) is 29.1 Å². The number of anilines is 2. The molecule has 0 aliphatic rings. The molecule has 1 aromatic heterocycles. The van der Waals surface area contributed by atoms with Gasteiger partial charge >= 0.3 is 5.69 Å². The standard InChI is InChI=1S/C21H15Cl2N5O4S2/c22-14-8-4-5-9-16(14)24-19(29)13-10-18(17(33)11-15(13)23)34(31,32)27-20-25-26-21(30)28(20)12-6-2-1-3-7-12/h1-11,33H,(H,24,29)(H,25,27)(H,26,30). The first kappa shape index (κ1) is 23.9. The number of rotatable bonds is 6. The zero-order valence-electron chi connectivity index (χ0n) is 17.0. The van der Waals surface area contributed by atoms with Gasteiger partial charge in [-0.25, -0.2) is 27.6 Å². The molecule has 34 heavy (non-hydrogen) atoms. The summed E-state index contributed by atoms with van der Waals surface area (Å²) in [6.07, 6.45) is 0. The molecule has 0 spiro atoms. The first-order chi connectivity index (χ1) is 16.2. The van der Waals surface area contributed by atoms with Gasteiger partial charge in [0.05, 0.1) is 27.0 Å². The lowest BCUT2D eigenvalue weighted by atomic mass is 10.2. The lowest BCUT2D eigenvalue weighted by Gasteiger charge is -2.13. The van der Waals surface area contributed by atoms with E-state index in [9.17, 15) is 18.0 Å². The summed E-state index contributed by atoms with van der Waals surface area (Å²) in [6, 6.07) is 17.2. The molecule has 0 saturated carbocycles. The Bertz CT molecular complexity index is 1550. The van der Waals surface area contributed by atoms with Crippen LogP contribution >= 0.6 is 35.8 Å². The molecule has 0 fully saturated rings. The van der Waals surface area contributed by atoms with Gasteiger partial charge in [0, 0.05) is 4.90 Å². The Balaban J connectivity index is 1.71. The molecule has 1 heterocycles. The van der Waals surface area contributed by atoms with Gasteiger partial charge in [-0.05, 0) is 36.4 Å². The van der Waals surface area contributed by atoms with Crippen LogP contribution in [-0.2, 0) is 10.0 Å². The molecule has 3 N–H and O–H groups in total. The summed E-state index contributed by atoms with van der Waals surface area (Å²) in [5, 5.41) is 8.84. The largest absolute Gasteiger partial charge is 0.349 e. The van der Waals surface area contributed by atoms with Crippen LogP contribution in [0.4, 0.5) is 11.6 Å². The number of thiol groups is 1. The summed E-state index contributed by atoms with van der Waals surface area (Å²) in [7, 11) is -4.35. The third-order valence-corrected chi connectivity index (χ3v) is 7.15. The smallest absolute Gasteiger partial charge is 0.321 e. The van der Waals surface area contributed by atoms with Gasteiger partial charge in [0.1, 0.15) is 4.90 Å². The van der Waals surface area contributed by atoms with Crippen molar-refractivity contribution < 1.29 is 13.2 Å². The topological polar surface area (TPSA) is 126 Å². The minimum atomic E-state index is -4.35. The van der Waals surface area contributed by atoms with Crippen molar-refractivity contribution in [3.05, 3.63) is 92.8 Å². The number of benzene rings is 3. The number of hydrogen-bond donors (Lipinski definition) is 4. The molecular formula is C21H15Cl2N5O4S2. The predicted octanol–water partition coefficient (Wildman–Crippen LogP) is 4.21. The number of nitrogens with zero attached hydrogens (tertiary/aromatic N) is 2. The normalized spacial score (nSPS) is 11.3. The number of para-hydroxylation sites is 2. The molecule has 13 heteroatoms. The van der Waals surface area contributed by atoms with Crippen LogP contribution in [0.1, 0.15) is 10.4 Å². The second kappa shape index (κ2) is 9.55. The second-order valence-corrected chi connectivity index (χ2v) is 9.81. The maximum Gasteiger partial charge on any atom is 0.349 e. The maximum absolute atomic E-state index is 13.2. The molecule has 4 aromatic rings. The van der Waals surface area contributed by atoms with E-state index in [-0.39, 0.29) is 26.3 Å². The van der Waals surface area contributed by atoms with Crippen molar-refractivity contribution >= 4 is 63.4 Å². The molecule has 0 radical (unpaired) electrons. The molecule has 4 rings (SSSR count). The monoisotopic (exact) mass is 535 g/mol. The number of carbonyl (C=O) groups excluding carboxylic acids is 1. The minimum absolute atomic E-state index is 0.0177. The Labute approximate surface area is 209 Å². The van der Waals surface area contributed by atoms with Crippen LogP contribution in [0.3, 0.4) is 0 Å². The highest BCUT2D eigenvalue weighted by Gasteiger charge is 2.25. The van der Waals surface area contributed by atoms with E-state index in [4.69, 9.17) is 23.2 Å². The molecule has 0 aliphatic heterocycles. The SMILES string of the molecule is O=C(Nc1ccccc1Cl)c1cc(S(=O)(=O)Nc2n[nH]c(=O)n2-c2ccccc2)c(S)cc1Cl. The van der Waals surface area contributed by atoms with E-state index < -0.39 is 21.6 Å². The van der Waals surface area contributed by atoms with Crippen LogP contribution in [0.25, 0.3) is 5.69 Å². The lowest BCUT2D eigenvalue weighted by molar-refractivity contribution is 0.102. The molecule has 1 amide bonds. The van der Waals surface area contributed by atoms with Crippen molar-refractivity contribution in [3.63, 3.8) is 0 Å². The van der Waals surface area contributed by atoms with Gasteiger partial charge in [-0.2, -0.15) is 0 Å². The van der Waals surface area contributed by atoms with Gasteiger partial charge in [-0.3, -0.25) is 4.79 Å². The fraction of sp³-hybridized carbons (Fsp3) is 0. The molecule has 3 aromatic carbocycles. The molecule has 0 bridgehead atoms. The van der Waals surface area contributed by atoms with E-state index >= 15 is 0 Å². The number of hydrogen-bond acceptors (Lipinski definition) is 6. The zero-order valence-corrected chi connectivity index (χ0v) is 20.2. The Morgan fingerprint density at radius 1 is 1.00 bits per heavy atom. The van der Waals surface area contributed by atoms with Crippen molar-refractivity contribution in [2.45, 2.75) is 9.79 Å². The number of aromatic amines is 1. The molecule has 0 aliphatic carbocycles. The Kier molecular flexibility index (Phi) is 6.71. The summed E-state index contributed by atoms with van der Waals surface area (Å²) in [4.78, 5) is 24.7. The molecule has 0 unspecified atom stereocenters.